The van der Waals surface area contributed by atoms with Crippen LogP contribution < -0.4 is 5.32 Å². The fourth-order valence-corrected chi connectivity index (χ4v) is 3.54. The van der Waals surface area contributed by atoms with Gasteiger partial charge in [-0.3, -0.25) is 0 Å². The van der Waals surface area contributed by atoms with Crippen molar-refractivity contribution >= 4 is 15.7 Å². The molecule has 0 aliphatic rings. The van der Waals surface area contributed by atoms with Gasteiger partial charge in [-0.05, 0) is 44.0 Å². The lowest BCUT2D eigenvalue weighted by atomic mass is 10.1. The van der Waals surface area contributed by atoms with Crippen molar-refractivity contribution in [1.82, 2.24) is 14.4 Å². The maximum atomic E-state index is 12.4. The summed E-state index contributed by atoms with van der Waals surface area (Å²) in [5, 5.41) is 7.09. The highest BCUT2D eigenvalue weighted by Gasteiger charge is 2.22. The van der Waals surface area contributed by atoms with Crippen LogP contribution in [0.15, 0.2) is 33.7 Å². The van der Waals surface area contributed by atoms with E-state index in [1.165, 1.54) is 4.31 Å². The summed E-state index contributed by atoms with van der Waals surface area (Å²) in [6.07, 6.45) is 0.777. The van der Waals surface area contributed by atoms with E-state index in [4.69, 9.17) is 4.52 Å². The van der Waals surface area contributed by atoms with Gasteiger partial charge < -0.3 is 9.84 Å². The van der Waals surface area contributed by atoms with Crippen LogP contribution in [0.3, 0.4) is 0 Å². The molecule has 0 fully saturated rings. The average Bonchev–Trinajstić information content (AvgIpc) is 2.99. The lowest BCUT2D eigenvalue weighted by molar-refractivity contribution is 0.375. The lowest BCUT2D eigenvalue weighted by Crippen LogP contribution is -2.33. The highest BCUT2D eigenvalue weighted by Crippen LogP contribution is 2.19. The third kappa shape index (κ3) is 5.02. The molecule has 0 aliphatic carbocycles. The van der Waals surface area contributed by atoms with Crippen LogP contribution in [0.2, 0.25) is 0 Å². The van der Waals surface area contributed by atoms with Crippen molar-refractivity contribution in [2.75, 3.05) is 12.4 Å². The van der Waals surface area contributed by atoms with Gasteiger partial charge in [-0.1, -0.05) is 19.0 Å². The zero-order valence-corrected chi connectivity index (χ0v) is 16.2. The molecule has 2 rings (SSSR count). The molecule has 138 valence electrons. The number of aromatic nitrogens is 2. The molecule has 0 spiro atoms. The van der Waals surface area contributed by atoms with E-state index in [1.54, 1.807) is 31.3 Å². The topological polar surface area (TPSA) is 88.3 Å². The number of sulfonamides is 1. The van der Waals surface area contributed by atoms with E-state index in [-0.39, 0.29) is 10.9 Å². The van der Waals surface area contributed by atoms with Crippen LogP contribution in [-0.2, 0) is 23.0 Å². The predicted octanol–water partition coefficient (Wildman–Crippen LogP) is 2.91. The Bertz CT molecular complexity index is 782. The molecule has 0 radical (unpaired) electrons. The van der Waals surface area contributed by atoms with Gasteiger partial charge >= 0.3 is 0 Å². The second kappa shape index (κ2) is 7.97. The highest BCUT2D eigenvalue weighted by atomic mass is 32.2. The number of hydrogen-bond acceptors (Lipinski definition) is 6. The van der Waals surface area contributed by atoms with Crippen LogP contribution in [0.1, 0.15) is 39.4 Å². The standard InChI is InChI=1S/C17H26N4O3S/c1-12(2)10-16-19-17(24-20-16)11-18-14-6-8-15(9-7-14)25(22,23)21(5)13(3)4/h6-9,12-13,18H,10-11H2,1-5H3. The summed E-state index contributed by atoms with van der Waals surface area (Å²) in [5.41, 5.74) is 0.787. The Labute approximate surface area is 149 Å². The minimum atomic E-state index is -3.47. The first-order valence-electron chi connectivity index (χ1n) is 8.33. The van der Waals surface area contributed by atoms with Gasteiger partial charge in [0, 0.05) is 25.2 Å². The van der Waals surface area contributed by atoms with Crippen LogP contribution in [0.5, 0.6) is 0 Å². The fraction of sp³-hybridized carbons (Fsp3) is 0.529. The van der Waals surface area contributed by atoms with E-state index in [2.05, 4.69) is 29.3 Å². The molecular formula is C17H26N4O3S. The second-order valence-electron chi connectivity index (χ2n) is 6.70. The fourth-order valence-electron chi connectivity index (χ4n) is 2.18. The Morgan fingerprint density at radius 3 is 2.36 bits per heavy atom. The smallest absolute Gasteiger partial charge is 0.245 e. The average molecular weight is 366 g/mol. The first kappa shape index (κ1) is 19.4. The van der Waals surface area contributed by atoms with Gasteiger partial charge in [-0.15, -0.1) is 0 Å². The number of nitrogens with one attached hydrogen (secondary N) is 1. The molecule has 8 heteroatoms. The van der Waals surface area contributed by atoms with E-state index in [9.17, 15) is 8.42 Å². The maximum absolute atomic E-state index is 12.4. The van der Waals surface area contributed by atoms with Crippen LogP contribution in [-0.4, -0.2) is 36.0 Å². The summed E-state index contributed by atoms with van der Waals surface area (Å²) in [4.78, 5) is 4.59. The third-order valence-corrected chi connectivity index (χ3v) is 5.85. The van der Waals surface area contributed by atoms with Crippen molar-refractivity contribution in [3.8, 4) is 0 Å². The molecule has 0 bridgehead atoms. The molecule has 0 unspecified atom stereocenters. The van der Waals surface area contributed by atoms with Gasteiger partial charge in [-0.2, -0.15) is 9.29 Å². The zero-order valence-electron chi connectivity index (χ0n) is 15.4. The molecule has 1 heterocycles. The van der Waals surface area contributed by atoms with E-state index in [0.29, 0.717) is 24.2 Å². The Balaban J connectivity index is 2.00. The summed E-state index contributed by atoms with van der Waals surface area (Å²) >= 11 is 0. The van der Waals surface area contributed by atoms with Crippen LogP contribution in [0.4, 0.5) is 5.69 Å². The van der Waals surface area contributed by atoms with Gasteiger partial charge in [0.1, 0.15) is 0 Å². The van der Waals surface area contributed by atoms with Crippen molar-refractivity contribution in [1.29, 1.82) is 0 Å². The zero-order chi connectivity index (χ0) is 18.6. The molecule has 0 saturated carbocycles. The Morgan fingerprint density at radius 1 is 1.16 bits per heavy atom. The Morgan fingerprint density at radius 2 is 1.80 bits per heavy atom. The van der Waals surface area contributed by atoms with Crippen molar-refractivity contribution in [2.45, 2.75) is 51.6 Å². The molecule has 25 heavy (non-hydrogen) atoms. The van der Waals surface area contributed by atoms with E-state index >= 15 is 0 Å². The third-order valence-electron chi connectivity index (χ3n) is 3.80. The number of nitrogens with zero attached hydrogens (tertiary/aromatic N) is 3. The number of rotatable bonds is 8. The molecule has 0 atom stereocenters. The molecule has 1 aromatic carbocycles. The number of benzene rings is 1. The first-order valence-corrected chi connectivity index (χ1v) is 9.77. The SMILES string of the molecule is CC(C)Cc1noc(CNc2ccc(S(=O)(=O)N(C)C(C)C)cc2)n1. The second-order valence-corrected chi connectivity index (χ2v) is 8.69. The van der Waals surface area contributed by atoms with Gasteiger partial charge in [0.05, 0.1) is 11.4 Å². The van der Waals surface area contributed by atoms with Crippen molar-refractivity contribution in [3.05, 3.63) is 36.0 Å². The summed E-state index contributed by atoms with van der Waals surface area (Å²) in [5.74, 6) is 1.67. The quantitative estimate of drug-likeness (QED) is 0.773. The van der Waals surface area contributed by atoms with Gasteiger partial charge in [0.25, 0.3) is 0 Å². The van der Waals surface area contributed by atoms with Crippen LogP contribution in [0, 0.1) is 5.92 Å². The summed E-state index contributed by atoms with van der Waals surface area (Å²) in [6.45, 7) is 8.27. The Kier molecular flexibility index (Phi) is 6.18. The van der Waals surface area contributed by atoms with Crippen LogP contribution in [0.25, 0.3) is 0 Å². The van der Waals surface area contributed by atoms with Crippen molar-refractivity contribution < 1.29 is 12.9 Å². The first-order chi connectivity index (χ1) is 11.7. The summed E-state index contributed by atoms with van der Waals surface area (Å²) < 4.78 is 31.4. The molecule has 0 aliphatic heterocycles. The molecule has 1 N–H and O–H groups in total. The number of anilines is 1. The van der Waals surface area contributed by atoms with Gasteiger partial charge in [0.15, 0.2) is 5.82 Å². The number of hydrogen-bond donors (Lipinski definition) is 1. The predicted molar refractivity (Wildman–Crippen MR) is 96.7 cm³/mol. The van der Waals surface area contributed by atoms with Crippen molar-refractivity contribution in [2.24, 2.45) is 5.92 Å². The van der Waals surface area contributed by atoms with E-state index in [1.807, 2.05) is 13.8 Å². The lowest BCUT2D eigenvalue weighted by Gasteiger charge is -2.21. The van der Waals surface area contributed by atoms with E-state index in [0.717, 1.165) is 12.1 Å². The molecule has 2 aromatic rings. The Hall–Kier alpha value is -1.93. The van der Waals surface area contributed by atoms with E-state index < -0.39 is 10.0 Å². The van der Waals surface area contributed by atoms with Crippen molar-refractivity contribution in [3.63, 3.8) is 0 Å². The van der Waals surface area contributed by atoms with Gasteiger partial charge in [0.2, 0.25) is 15.9 Å². The van der Waals surface area contributed by atoms with Crippen LogP contribution >= 0.6 is 0 Å². The normalized spacial score (nSPS) is 12.3. The molecule has 0 saturated heterocycles. The minimum absolute atomic E-state index is 0.0969. The monoisotopic (exact) mass is 366 g/mol. The maximum Gasteiger partial charge on any atom is 0.245 e. The van der Waals surface area contributed by atoms with Gasteiger partial charge in [-0.25, -0.2) is 8.42 Å². The molecule has 7 nitrogen and oxygen atoms in total. The minimum Gasteiger partial charge on any atom is -0.376 e. The largest absolute Gasteiger partial charge is 0.376 e. The summed E-state index contributed by atoms with van der Waals surface area (Å²) in [7, 11) is -1.89. The molecule has 1 aromatic heterocycles. The summed E-state index contributed by atoms with van der Waals surface area (Å²) in [6, 6.07) is 6.54. The molecule has 0 amide bonds. The molecular weight excluding hydrogens is 340 g/mol. The highest BCUT2D eigenvalue weighted by molar-refractivity contribution is 7.89.